The van der Waals surface area contributed by atoms with Gasteiger partial charge in [0.15, 0.2) is 0 Å². The highest BCUT2D eigenvalue weighted by Gasteiger charge is 2.23. The van der Waals surface area contributed by atoms with Crippen molar-refractivity contribution >= 4 is 45.5 Å². The van der Waals surface area contributed by atoms with Gasteiger partial charge in [-0.1, -0.05) is 35.9 Å². The highest BCUT2D eigenvalue weighted by atomic mass is 35.5. The van der Waals surface area contributed by atoms with Gasteiger partial charge in [0.1, 0.15) is 10.6 Å². The van der Waals surface area contributed by atoms with E-state index in [-0.39, 0.29) is 30.2 Å². The standard InChI is InChI=1S/C21H17ClN2O5S/c1-2-29-21(26)19-17(14-5-7-15(22)8-6-14)12-30-20(19)23-18(25)11-13-3-9-16(10-4-13)24(27)28/h3-10,12H,2,11H2,1H3,(H,23,25). The molecule has 1 N–H and O–H groups in total. The van der Waals surface area contributed by atoms with Crippen LogP contribution in [-0.2, 0) is 16.0 Å². The Morgan fingerprint density at radius 1 is 1.13 bits per heavy atom. The maximum atomic E-state index is 12.6. The number of ether oxygens (including phenoxy) is 1. The van der Waals surface area contributed by atoms with Crippen molar-refractivity contribution in [2.75, 3.05) is 11.9 Å². The summed E-state index contributed by atoms with van der Waals surface area (Å²) in [5, 5.41) is 16.2. The van der Waals surface area contributed by atoms with E-state index in [9.17, 15) is 19.7 Å². The van der Waals surface area contributed by atoms with Crippen molar-refractivity contribution in [3.8, 4) is 11.1 Å². The highest BCUT2D eigenvalue weighted by Crippen LogP contribution is 2.36. The third kappa shape index (κ3) is 5.03. The van der Waals surface area contributed by atoms with Gasteiger partial charge in [-0.05, 0) is 30.2 Å². The molecule has 7 nitrogen and oxygen atoms in total. The third-order valence-corrected chi connectivity index (χ3v) is 5.34. The molecular weight excluding hydrogens is 428 g/mol. The number of nitrogens with zero attached hydrogens (tertiary/aromatic N) is 1. The average Bonchev–Trinajstić information content (AvgIpc) is 3.12. The molecule has 0 bridgehead atoms. The molecule has 1 amide bonds. The van der Waals surface area contributed by atoms with Gasteiger partial charge in [0.05, 0.1) is 18.0 Å². The van der Waals surface area contributed by atoms with Gasteiger partial charge in [-0.15, -0.1) is 11.3 Å². The number of amides is 1. The number of thiophene rings is 1. The van der Waals surface area contributed by atoms with Crippen LogP contribution in [0.3, 0.4) is 0 Å². The number of rotatable bonds is 7. The summed E-state index contributed by atoms with van der Waals surface area (Å²) in [6.07, 6.45) is 0.00837. The van der Waals surface area contributed by atoms with Crippen LogP contribution in [0.25, 0.3) is 11.1 Å². The number of halogens is 1. The molecule has 0 unspecified atom stereocenters. The minimum Gasteiger partial charge on any atom is -0.462 e. The van der Waals surface area contributed by atoms with E-state index in [1.165, 1.54) is 35.6 Å². The fourth-order valence-electron chi connectivity index (χ4n) is 2.79. The van der Waals surface area contributed by atoms with Gasteiger partial charge < -0.3 is 10.1 Å². The second kappa shape index (κ2) is 9.51. The Labute approximate surface area is 181 Å². The maximum Gasteiger partial charge on any atom is 0.341 e. The van der Waals surface area contributed by atoms with E-state index in [4.69, 9.17) is 16.3 Å². The topological polar surface area (TPSA) is 98.5 Å². The Kier molecular flexibility index (Phi) is 6.81. The van der Waals surface area contributed by atoms with Gasteiger partial charge in [-0.2, -0.15) is 0 Å². The number of nitro benzene ring substituents is 1. The molecule has 1 heterocycles. The van der Waals surface area contributed by atoms with Crippen LogP contribution in [0.1, 0.15) is 22.8 Å². The minimum absolute atomic E-state index is 0.00837. The summed E-state index contributed by atoms with van der Waals surface area (Å²) in [5.74, 6) is -0.881. The molecule has 0 fully saturated rings. The molecule has 0 atom stereocenters. The number of carbonyl (C=O) groups excluding carboxylic acids is 2. The smallest absolute Gasteiger partial charge is 0.341 e. The summed E-state index contributed by atoms with van der Waals surface area (Å²) in [6.45, 7) is 1.91. The van der Waals surface area contributed by atoms with E-state index in [0.29, 0.717) is 21.2 Å². The number of nitro groups is 1. The first kappa shape index (κ1) is 21.5. The maximum absolute atomic E-state index is 12.6. The first-order valence-corrected chi connectivity index (χ1v) is 10.2. The largest absolute Gasteiger partial charge is 0.462 e. The third-order valence-electron chi connectivity index (χ3n) is 4.19. The van der Waals surface area contributed by atoms with Crippen molar-refractivity contribution in [2.24, 2.45) is 0 Å². The molecule has 0 aliphatic rings. The molecule has 3 rings (SSSR count). The minimum atomic E-state index is -0.533. The molecule has 0 radical (unpaired) electrons. The van der Waals surface area contributed by atoms with Crippen LogP contribution in [0.4, 0.5) is 10.7 Å². The summed E-state index contributed by atoms with van der Waals surface area (Å²) < 4.78 is 5.17. The molecule has 0 saturated heterocycles. The zero-order chi connectivity index (χ0) is 21.7. The average molecular weight is 445 g/mol. The molecule has 9 heteroatoms. The molecule has 0 spiro atoms. The Balaban J connectivity index is 1.84. The van der Waals surface area contributed by atoms with Gasteiger partial charge in [0, 0.05) is 28.1 Å². The number of esters is 1. The predicted molar refractivity (Wildman–Crippen MR) is 116 cm³/mol. The second-order valence-electron chi connectivity index (χ2n) is 6.23. The van der Waals surface area contributed by atoms with Crippen molar-refractivity contribution < 1.29 is 19.2 Å². The normalized spacial score (nSPS) is 10.5. The van der Waals surface area contributed by atoms with E-state index in [0.717, 1.165) is 5.56 Å². The highest BCUT2D eigenvalue weighted by molar-refractivity contribution is 7.15. The second-order valence-corrected chi connectivity index (χ2v) is 7.55. The molecule has 3 aromatic rings. The zero-order valence-electron chi connectivity index (χ0n) is 15.9. The fraction of sp³-hybridized carbons (Fsp3) is 0.143. The molecule has 0 aliphatic heterocycles. The van der Waals surface area contributed by atoms with E-state index < -0.39 is 10.9 Å². The Morgan fingerprint density at radius 2 is 1.80 bits per heavy atom. The number of anilines is 1. The van der Waals surface area contributed by atoms with Crippen LogP contribution >= 0.6 is 22.9 Å². The molecule has 30 heavy (non-hydrogen) atoms. The van der Waals surface area contributed by atoms with Gasteiger partial charge in [0.25, 0.3) is 5.69 Å². The van der Waals surface area contributed by atoms with Crippen LogP contribution in [0.5, 0.6) is 0 Å². The van der Waals surface area contributed by atoms with Crippen LogP contribution in [0.15, 0.2) is 53.9 Å². The lowest BCUT2D eigenvalue weighted by Gasteiger charge is -2.09. The number of hydrogen-bond acceptors (Lipinski definition) is 6. The van der Waals surface area contributed by atoms with Crippen LogP contribution in [-0.4, -0.2) is 23.4 Å². The summed E-state index contributed by atoms with van der Waals surface area (Å²) in [5.41, 5.74) is 2.26. The Morgan fingerprint density at radius 3 is 2.40 bits per heavy atom. The van der Waals surface area contributed by atoms with Gasteiger partial charge in [-0.3, -0.25) is 14.9 Å². The van der Waals surface area contributed by atoms with E-state index in [1.807, 2.05) is 0 Å². The Bertz CT molecular complexity index is 1080. The molecular formula is C21H17ClN2O5S. The molecule has 1 aromatic heterocycles. The van der Waals surface area contributed by atoms with Crippen LogP contribution in [0.2, 0.25) is 5.02 Å². The number of non-ortho nitro benzene ring substituents is 1. The number of benzene rings is 2. The summed E-state index contributed by atoms with van der Waals surface area (Å²) in [6, 6.07) is 12.7. The quantitative estimate of drug-likeness (QED) is 0.301. The molecule has 0 aliphatic carbocycles. The first-order chi connectivity index (χ1) is 14.4. The first-order valence-electron chi connectivity index (χ1n) is 8.96. The van der Waals surface area contributed by atoms with Gasteiger partial charge >= 0.3 is 5.97 Å². The van der Waals surface area contributed by atoms with Crippen molar-refractivity contribution in [1.82, 2.24) is 0 Å². The summed E-state index contributed by atoms with van der Waals surface area (Å²) in [4.78, 5) is 35.3. The summed E-state index contributed by atoms with van der Waals surface area (Å²) in [7, 11) is 0. The van der Waals surface area contributed by atoms with E-state index in [1.54, 1.807) is 36.6 Å². The van der Waals surface area contributed by atoms with Crippen molar-refractivity contribution in [3.05, 3.63) is 80.2 Å². The summed E-state index contributed by atoms with van der Waals surface area (Å²) >= 11 is 7.17. The van der Waals surface area contributed by atoms with Gasteiger partial charge in [0.2, 0.25) is 5.91 Å². The van der Waals surface area contributed by atoms with Crippen molar-refractivity contribution in [1.29, 1.82) is 0 Å². The van der Waals surface area contributed by atoms with Crippen LogP contribution in [0, 0.1) is 10.1 Å². The number of carbonyl (C=O) groups is 2. The number of hydrogen-bond donors (Lipinski definition) is 1. The lowest BCUT2D eigenvalue weighted by atomic mass is 10.0. The number of nitrogens with one attached hydrogen (secondary N) is 1. The SMILES string of the molecule is CCOC(=O)c1c(-c2ccc(Cl)cc2)csc1NC(=O)Cc1ccc([N+](=O)[O-])cc1. The van der Waals surface area contributed by atoms with E-state index in [2.05, 4.69) is 5.32 Å². The van der Waals surface area contributed by atoms with Gasteiger partial charge in [-0.25, -0.2) is 4.79 Å². The van der Waals surface area contributed by atoms with Crippen molar-refractivity contribution in [3.63, 3.8) is 0 Å². The van der Waals surface area contributed by atoms with E-state index >= 15 is 0 Å². The lowest BCUT2D eigenvalue weighted by Crippen LogP contribution is -2.16. The molecule has 0 saturated carbocycles. The predicted octanol–water partition coefficient (Wildman–Crippen LogP) is 5.33. The van der Waals surface area contributed by atoms with Crippen molar-refractivity contribution in [2.45, 2.75) is 13.3 Å². The lowest BCUT2D eigenvalue weighted by molar-refractivity contribution is -0.384. The van der Waals surface area contributed by atoms with Crippen LogP contribution < -0.4 is 5.32 Å². The molecule has 2 aromatic carbocycles. The fourth-order valence-corrected chi connectivity index (χ4v) is 3.89. The molecule has 154 valence electrons. The monoisotopic (exact) mass is 444 g/mol. The zero-order valence-corrected chi connectivity index (χ0v) is 17.5. The Hall–Kier alpha value is -3.23.